The zero-order chi connectivity index (χ0) is 19.2. The molecule has 27 heavy (non-hydrogen) atoms. The van der Waals surface area contributed by atoms with Crippen molar-refractivity contribution in [2.45, 2.75) is 20.5 Å². The SMILES string of the molecule is COc1cc(C=NOC(C)=O)ccc1OCc1nc2ccccc2nc1C. The van der Waals surface area contributed by atoms with E-state index in [2.05, 4.69) is 20.0 Å². The van der Waals surface area contributed by atoms with E-state index < -0.39 is 5.97 Å². The van der Waals surface area contributed by atoms with Crippen molar-refractivity contribution >= 4 is 23.2 Å². The smallest absolute Gasteiger partial charge is 0.331 e. The second kappa shape index (κ2) is 8.27. The number of nitrogens with zero attached hydrogens (tertiary/aromatic N) is 3. The summed E-state index contributed by atoms with van der Waals surface area (Å²) in [6, 6.07) is 13.0. The maximum absolute atomic E-state index is 10.7. The van der Waals surface area contributed by atoms with Crippen LogP contribution in [-0.2, 0) is 16.2 Å². The lowest BCUT2D eigenvalue weighted by molar-refractivity contribution is -0.140. The van der Waals surface area contributed by atoms with E-state index >= 15 is 0 Å². The normalized spacial score (nSPS) is 10.9. The first-order chi connectivity index (χ1) is 13.1. The fourth-order valence-corrected chi connectivity index (χ4v) is 2.45. The summed E-state index contributed by atoms with van der Waals surface area (Å²) in [5, 5.41) is 3.59. The van der Waals surface area contributed by atoms with Crippen LogP contribution in [0.2, 0.25) is 0 Å². The van der Waals surface area contributed by atoms with Crippen LogP contribution in [-0.4, -0.2) is 29.3 Å². The summed E-state index contributed by atoms with van der Waals surface area (Å²) < 4.78 is 11.3. The molecule has 1 heterocycles. The summed E-state index contributed by atoms with van der Waals surface area (Å²) in [4.78, 5) is 24.5. The van der Waals surface area contributed by atoms with Crippen LogP contribution in [0.5, 0.6) is 11.5 Å². The minimum atomic E-state index is -0.481. The fourth-order valence-electron chi connectivity index (χ4n) is 2.45. The van der Waals surface area contributed by atoms with Gasteiger partial charge in [-0.2, -0.15) is 0 Å². The van der Waals surface area contributed by atoms with Crippen molar-refractivity contribution in [2.75, 3.05) is 7.11 Å². The molecular weight excluding hydrogens is 346 g/mol. The van der Waals surface area contributed by atoms with E-state index in [1.54, 1.807) is 25.3 Å². The number of oxime groups is 1. The van der Waals surface area contributed by atoms with Crippen molar-refractivity contribution < 1.29 is 19.1 Å². The van der Waals surface area contributed by atoms with Gasteiger partial charge in [0.05, 0.1) is 35.7 Å². The van der Waals surface area contributed by atoms with Crippen molar-refractivity contribution in [1.29, 1.82) is 0 Å². The van der Waals surface area contributed by atoms with Crippen molar-refractivity contribution in [3.8, 4) is 11.5 Å². The number of benzene rings is 2. The third-order valence-corrected chi connectivity index (χ3v) is 3.78. The molecule has 7 heteroatoms. The van der Waals surface area contributed by atoms with Crippen LogP contribution in [0.4, 0.5) is 0 Å². The number of aromatic nitrogens is 2. The van der Waals surface area contributed by atoms with Gasteiger partial charge in [0.15, 0.2) is 11.5 Å². The highest BCUT2D eigenvalue weighted by Crippen LogP contribution is 2.28. The van der Waals surface area contributed by atoms with Crippen LogP contribution >= 0.6 is 0 Å². The molecule has 0 aliphatic rings. The Kier molecular flexibility index (Phi) is 5.61. The first-order valence-electron chi connectivity index (χ1n) is 8.31. The van der Waals surface area contributed by atoms with Crippen LogP contribution in [0.15, 0.2) is 47.6 Å². The number of para-hydroxylation sites is 2. The van der Waals surface area contributed by atoms with Crippen molar-refractivity contribution in [3.63, 3.8) is 0 Å². The molecule has 2 aromatic carbocycles. The van der Waals surface area contributed by atoms with E-state index in [9.17, 15) is 4.79 Å². The molecule has 0 radical (unpaired) electrons. The van der Waals surface area contributed by atoms with E-state index in [0.29, 0.717) is 17.1 Å². The third-order valence-electron chi connectivity index (χ3n) is 3.78. The number of methoxy groups -OCH3 is 1. The predicted molar refractivity (Wildman–Crippen MR) is 101 cm³/mol. The summed E-state index contributed by atoms with van der Waals surface area (Å²) in [7, 11) is 1.55. The molecule has 0 bridgehead atoms. The summed E-state index contributed by atoms with van der Waals surface area (Å²) in [6.45, 7) is 3.46. The molecule has 0 N–H and O–H groups in total. The standard InChI is InChI=1S/C20H19N3O4/c1-13-18(23-17-7-5-4-6-16(17)22-13)12-26-19-9-8-15(10-20(19)25-3)11-21-27-14(2)24/h4-11H,12H2,1-3H3. The summed E-state index contributed by atoms with van der Waals surface area (Å²) >= 11 is 0. The van der Waals surface area contributed by atoms with Gasteiger partial charge in [0.1, 0.15) is 6.61 Å². The Morgan fingerprint density at radius 1 is 1.11 bits per heavy atom. The zero-order valence-corrected chi connectivity index (χ0v) is 15.3. The predicted octanol–water partition coefficient (Wildman–Crippen LogP) is 3.42. The minimum absolute atomic E-state index is 0.265. The van der Waals surface area contributed by atoms with Gasteiger partial charge >= 0.3 is 5.97 Å². The van der Waals surface area contributed by atoms with Gasteiger partial charge in [0.25, 0.3) is 0 Å². The number of carbonyl (C=O) groups is 1. The van der Waals surface area contributed by atoms with Gasteiger partial charge in [-0.25, -0.2) is 14.8 Å². The quantitative estimate of drug-likeness (QED) is 0.378. The van der Waals surface area contributed by atoms with Gasteiger partial charge in [0, 0.05) is 12.5 Å². The second-order valence-electron chi connectivity index (χ2n) is 5.76. The molecule has 0 spiro atoms. The Morgan fingerprint density at radius 3 is 2.56 bits per heavy atom. The number of fused-ring (bicyclic) bond motifs is 1. The Balaban J connectivity index is 1.76. The number of hydrogen-bond acceptors (Lipinski definition) is 7. The molecule has 3 aromatic rings. The maximum Gasteiger partial charge on any atom is 0.331 e. The van der Waals surface area contributed by atoms with E-state index in [4.69, 9.17) is 9.47 Å². The van der Waals surface area contributed by atoms with Gasteiger partial charge in [0.2, 0.25) is 0 Å². The summed E-state index contributed by atoms with van der Waals surface area (Å²) in [5.41, 5.74) is 3.97. The lowest BCUT2D eigenvalue weighted by atomic mass is 10.2. The third kappa shape index (κ3) is 4.58. The highest BCUT2D eigenvalue weighted by Gasteiger charge is 2.09. The first kappa shape index (κ1) is 18.3. The zero-order valence-electron chi connectivity index (χ0n) is 15.3. The van der Waals surface area contributed by atoms with Gasteiger partial charge in [-0.05, 0) is 37.3 Å². The van der Waals surface area contributed by atoms with E-state index in [1.807, 2.05) is 31.2 Å². The molecule has 0 saturated carbocycles. The topological polar surface area (TPSA) is 82.9 Å². The van der Waals surface area contributed by atoms with Crippen LogP contribution in [0.3, 0.4) is 0 Å². The number of ether oxygens (including phenoxy) is 2. The Bertz CT molecular complexity index is 1000. The molecule has 0 atom stereocenters. The molecule has 0 aliphatic heterocycles. The van der Waals surface area contributed by atoms with Crippen molar-refractivity contribution in [3.05, 3.63) is 59.4 Å². The average molecular weight is 365 g/mol. The first-order valence-corrected chi connectivity index (χ1v) is 8.31. The van der Waals surface area contributed by atoms with E-state index in [1.165, 1.54) is 13.1 Å². The highest BCUT2D eigenvalue weighted by atomic mass is 16.7. The van der Waals surface area contributed by atoms with Gasteiger partial charge < -0.3 is 14.3 Å². The van der Waals surface area contributed by atoms with Crippen molar-refractivity contribution in [1.82, 2.24) is 9.97 Å². The molecule has 7 nitrogen and oxygen atoms in total. The van der Waals surface area contributed by atoms with Crippen LogP contribution < -0.4 is 9.47 Å². The van der Waals surface area contributed by atoms with Gasteiger partial charge in [-0.1, -0.05) is 17.3 Å². The number of aryl methyl sites for hydroxylation is 1. The van der Waals surface area contributed by atoms with Gasteiger partial charge in [-0.3, -0.25) is 0 Å². The monoisotopic (exact) mass is 365 g/mol. The molecule has 3 rings (SSSR count). The molecule has 0 unspecified atom stereocenters. The van der Waals surface area contributed by atoms with E-state index in [0.717, 1.165) is 22.4 Å². The minimum Gasteiger partial charge on any atom is -0.493 e. The summed E-state index contributed by atoms with van der Waals surface area (Å²) in [6.07, 6.45) is 1.42. The number of carbonyl (C=O) groups excluding carboxylic acids is 1. The number of rotatable bonds is 6. The number of hydrogen-bond donors (Lipinski definition) is 0. The second-order valence-corrected chi connectivity index (χ2v) is 5.76. The van der Waals surface area contributed by atoms with Crippen LogP contribution in [0.1, 0.15) is 23.9 Å². The highest BCUT2D eigenvalue weighted by molar-refractivity contribution is 5.81. The molecule has 0 saturated heterocycles. The summed E-state index contributed by atoms with van der Waals surface area (Å²) in [5.74, 6) is 0.620. The van der Waals surface area contributed by atoms with Crippen LogP contribution in [0, 0.1) is 6.92 Å². The fraction of sp³-hybridized carbons (Fsp3) is 0.200. The van der Waals surface area contributed by atoms with Gasteiger partial charge in [-0.15, -0.1) is 0 Å². The Morgan fingerprint density at radius 2 is 1.85 bits per heavy atom. The Labute approximate surface area is 156 Å². The lowest BCUT2D eigenvalue weighted by Gasteiger charge is -2.12. The molecule has 0 amide bonds. The molecular formula is C20H19N3O4. The van der Waals surface area contributed by atoms with Crippen LogP contribution in [0.25, 0.3) is 11.0 Å². The average Bonchev–Trinajstić information content (AvgIpc) is 2.66. The molecule has 0 fully saturated rings. The molecule has 1 aromatic heterocycles. The van der Waals surface area contributed by atoms with Crippen molar-refractivity contribution in [2.24, 2.45) is 5.16 Å². The van der Waals surface area contributed by atoms with E-state index in [-0.39, 0.29) is 6.61 Å². The Hall–Kier alpha value is -3.48. The lowest BCUT2D eigenvalue weighted by Crippen LogP contribution is -2.04. The molecule has 138 valence electrons. The molecule has 0 aliphatic carbocycles. The maximum atomic E-state index is 10.7. The largest absolute Gasteiger partial charge is 0.493 e.